The van der Waals surface area contributed by atoms with Gasteiger partial charge in [0, 0.05) is 5.54 Å². The minimum Gasteiger partial charge on any atom is -0.424 e. The Morgan fingerprint density at radius 1 is 1.00 bits per heavy atom. The summed E-state index contributed by atoms with van der Waals surface area (Å²) in [5, 5.41) is 3.14. The maximum absolute atomic E-state index is 12.3. The Kier molecular flexibility index (Phi) is 4.01. The lowest BCUT2D eigenvalue weighted by Gasteiger charge is -2.65. The number of benzene rings is 1. The fourth-order valence-corrected chi connectivity index (χ4v) is 6.63. The van der Waals surface area contributed by atoms with E-state index in [1.165, 1.54) is 19.3 Å². The Balaban J connectivity index is 1.32. The third-order valence-corrected chi connectivity index (χ3v) is 6.38. The molecular formula is C21H27NO4. The summed E-state index contributed by atoms with van der Waals surface area (Å²) >= 11 is 0. The first-order chi connectivity index (χ1) is 12.3. The second kappa shape index (κ2) is 6.00. The number of carbonyl (C=O) groups is 2. The van der Waals surface area contributed by atoms with Crippen molar-refractivity contribution in [2.45, 2.75) is 57.9 Å². The van der Waals surface area contributed by atoms with Crippen LogP contribution in [0.4, 0.5) is 4.79 Å². The van der Waals surface area contributed by atoms with Crippen LogP contribution >= 0.6 is 0 Å². The molecule has 0 aromatic heterocycles. The van der Waals surface area contributed by atoms with E-state index in [4.69, 9.17) is 9.47 Å². The zero-order valence-corrected chi connectivity index (χ0v) is 15.5. The van der Waals surface area contributed by atoms with Gasteiger partial charge in [0.2, 0.25) is 6.79 Å². The first-order valence-corrected chi connectivity index (χ1v) is 9.46. The summed E-state index contributed by atoms with van der Waals surface area (Å²) in [6, 6.07) is 8.68. The Labute approximate surface area is 154 Å². The zero-order valence-electron chi connectivity index (χ0n) is 15.5. The van der Waals surface area contributed by atoms with Crippen LogP contribution < -0.4 is 5.32 Å². The van der Waals surface area contributed by atoms with Gasteiger partial charge in [-0.25, -0.2) is 9.59 Å². The number of rotatable bonds is 4. The van der Waals surface area contributed by atoms with E-state index in [1.807, 2.05) is 6.07 Å². The van der Waals surface area contributed by atoms with Gasteiger partial charge < -0.3 is 14.8 Å². The molecule has 5 heteroatoms. The van der Waals surface area contributed by atoms with Crippen LogP contribution in [0, 0.1) is 16.7 Å². The molecule has 4 bridgehead atoms. The maximum Gasteiger partial charge on any atom is 0.410 e. The lowest BCUT2D eigenvalue weighted by Crippen LogP contribution is -2.65. The van der Waals surface area contributed by atoms with Crippen LogP contribution in [-0.2, 0) is 9.47 Å². The van der Waals surface area contributed by atoms with Crippen LogP contribution in [-0.4, -0.2) is 24.4 Å². The van der Waals surface area contributed by atoms with E-state index < -0.39 is 12.1 Å². The summed E-state index contributed by atoms with van der Waals surface area (Å²) in [7, 11) is 0. The van der Waals surface area contributed by atoms with Gasteiger partial charge >= 0.3 is 12.1 Å². The number of esters is 1. The molecule has 26 heavy (non-hydrogen) atoms. The third-order valence-electron chi connectivity index (χ3n) is 6.38. The third kappa shape index (κ3) is 3.31. The summed E-state index contributed by atoms with van der Waals surface area (Å²) < 4.78 is 10.2. The molecule has 4 aliphatic carbocycles. The van der Waals surface area contributed by atoms with Crippen LogP contribution in [0.15, 0.2) is 30.3 Å². The van der Waals surface area contributed by atoms with Crippen LogP contribution in [0.1, 0.15) is 62.7 Å². The highest BCUT2D eigenvalue weighted by Gasteiger charge is 2.60. The normalized spacial score (nSPS) is 37.2. The van der Waals surface area contributed by atoms with Crippen molar-refractivity contribution in [1.29, 1.82) is 0 Å². The summed E-state index contributed by atoms with van der Waals surface area (Å²) in [5.74, 6) is 0.200. The molecule has 1 unspecified atom stereocenters. The summed E-state index contributed by atoms with van der Waals surface area (Å²) in [4.78, 5) is 24.2. The van der Waals surface area contributed by atoms with E-state index in [0.717, 1.165) is 19.3 Å². The molecule has 1 amide bonds. The second-order valence-corrected chi connectivity index (χ2v) is 9.38. The first kappa shape index (κ1) is 17.4. The fourth-order valence-electron chi connectivity index (χ4n) is 6.63. The van der Waals surface area contributed by atoms with E-state index in [-0.39, 0.29) is 12.3 Å². The molecule has 1 aromatic rings. The summed E-state index contributed by atoms with van der Waals surface area (Å²) in [6.07, 6.45) is 6.39. The van der Waals surface area contributed by atoms with Gasteiger partial charge in [-0.15, -0.1) is 0 Å². The Morgan fingerprint density at radius 2 is 1.65 bits per heavy atom. The first-order valence-electron chi connectivity index (χ1n) is 9.46. The lowest BCUT2D eigenvalue weighted by molar-refractivity contribution is -0.116. The van der Waals surface area contributed by atoms with Crippen LogP contribution in [0.3, 0.4) is 0 Å². The molecule has 4 aliphatic rings. The van der Waals surface area contributed by atoms with Gasteiger partial charge in [0.1, 0.15) is 0 Å². The largest absolute Gasteiger partial charge is 0.424 e. The molecular weight excluding hydrogens is 330 g/mol. The molecule has 5 rings (SSSR count). The molecule has 0 radical (unpaired) electrons. The summed E-state index contributed by atoms with van der Waals surface area (Å²) in [6.45, 7) is 4.35. The van der Waals surface area contributed by atoms with E-state index in [0.29, 0.717) is 22.3 Å². The van der Waals surface area contributed by atoms with E-state index >= 15 is 0 Å². The molecule has 4 fully saturated rings. The average molecular weight is 357 g/mol. The predicted molar refractivity (Wildman–Crippen MR) is 96.5 cm³/mol. The second-order valence-electron chi connectivity index (χ2n) is 9.38. The fraction of sp³-hybridized carbons (Fsp3) is 0.619. The average Bonchev–Trinajstić information content (AvgIpc) is 2.51. The van der Waals surface area contributed by atoms with Crippen molar-refractivity contribution < 1.29 is 19.1 Å². The predicted octanol–water partition coefficient (Wildman–Crippen LogP) is 4.28. The Hall–Kier alpha value is -2.04. The number of alkyl carbamates (subject to hydrolysis) is 1. The monoisotopic (exact) mass is 357 g/mol. The van der Waals surface area contributed by atoms with Gasteiger partial charge in [0.25, 0.3) is 0 Å². The zero-order chi connectivity index (χ0) is 18.4. The van der Waals surface area contributed by atoms with Gasteiger partial charge in [-0.05, 0) is 67.4 Å². The maximum atomic E-state index is 12.3. The molecule has 1 N–H and O–H groups in total. The minimum atomic E-state index is -0.492. The lowest BCUT2D eigenvalue weighted by atomic mass is 9.43. The molecule has 0 aliphatic heterocycles. The molecule has 0 spiro atoms. The van der Waals surface area contributed by atoms with Gasteiger partial charge in [-0.2, -0.15) is 0 Å². The van der Waals surface area contributed by atoms with Crippen molar-refractivity contribution in [1.82, 2.24) is 5.32 Å². The Bertz CT molecular complexity index is 698. The van der Waals surface area contributed by atoms with Gasteiger partial charge in [-0.3, -0.25) is 0 Å². The standard InChI is InChI=1S/C21H27NO4/c1-19-8-15-9-20(2,11-19)13-21(10-15,12-19)22-18(24)26-14-25-17(23)16-6-4-3-5-7-16/h3-7,15H,8-14H2,1-2H3,(H,22,24)/t15-,19-,20+,21?. The highest BCUT2D eigenvalue weighted by Crippen LogP contribution is 2.66. The van der Waals surface area contributed by atoms with Crippen molar-refractivity contribution in [2.24, 2.45) is 16.7 Å². The molecule has 4 saturated carbocycles. The smallest absolute Gasteiger partial charge is 0.410 e. The minimum absolute atomic E-state index is 0.163. The number of hydrogen-bond acceptors (Lipinski definition) is 4. The van der Waals surface area contributed by atoms with Crippen molar-refractivity contribution >= 4 is 12.1 Å². The van der Waals surface area contributed by atoms with Crippen molar-refractivity contribution in [2.75, 3.05) is 6.79 Å². The highest BCUT2D eigenvalue weighted by atomic mass is 16.7. The van der Waals surface area contributed by atoms with Gasteiger partial charge in [-0.1, -0.05) is 32.0 Å². The molecule has 1 aromatic carbocycles. The number of nitrogens with one attached hydrogen (secondary N) is 1. The number of hydrogen-bond donors (Lipinski definition) is 1. The summed E-state index contributed by atoms with van der Waals surface area (Å²) in [5.41, 5.74) is 0.921. The SMILES string of the molecule is C[C@]12C[C@H]3CC(NC(=O)OCOC(=O)c4ccccc4)(C1)C[C@@](C)(C3)C2. The topological polar surface area (TPSA) is 64.6 Å². The number of amides is 1. The van der Waals surface area contributed by atoms with Crippen LogP contribution in [0.25, 0.3) is 0 Å². The molecule has 4 atom stereocenters. The van der Waals surface area contributed by atoms with Gasteiger partial charge in [0.15, 0.2) is 0 Å². The van der Waals surface area contributed by atoms with Crippen LogP contribution in [0.5, 0.6) is 0 Å². The molecule has 0 saturated heterocycles. The van der Waals surface area contributed by atoms with Crippen molar-refractivity contribution in [3.8, 4) is 0 Å². The van der Waals surface area contributed by atoms with Gasteiger partial charge in [0.05, 0.1) is 5.56 Å². The van der Waals surface area contributed by atoms with Crippen LogP contribution in [0.2, 0.25) is 0 Å². The van der Waals surface area contributed by atoms with E-state index in [1.54, 1.807) is 24.3 Å². The van der Waals surface area contributed by atoms with Crippen molar-refractivity contribution in [3.05, 3.63) is 35.9 Å². The molecule has 0 heterocycles. The van der Waals surface area contributed by atoms with E-state index in [9.17, 15) is 9.59 Å². The van der Waals surface area contributed by atoms with Crippen molar-refractivity contribution in [3.63, 3.8) is 0 Å². The van der Waals surface area contributed by atoms with E-state index in [2.05, 4.69) is 19.2 Å². The number of carbonyl (C=O) groups excluding carboxylic acids is 2. The number of ether oxygens (including phenoxy) is 2. The molecule has 5 nitrogen and oxygen atoms in total. The highest BCUT2D eigenvalue weighted by molar-refractivity contribution is 5.89. The Morgan fingerprint density at radius 3 is 2.27 bits per heavy atom. The quantitative estimate of drug-likeness (QED) is 0.645. The molecule has 140 valence electrons.